The van der Waals surface area contributed by atoms with Crippen LogP contribution in [0.4, 0.5) is 21.5 Å². The third-order valence-corrected chi connectivity index (χ3v) is 11.0. The zero-order chi connectivity index (χ0) is 30.1. The number of benzene rings is 6. The molecule has 0 amide bonds. The number of halogens is 1. The highest BCUT2D eigenvalue weighted by atomic mass is 19.1. The molecule has 6 aromatic rings. The molecular formula is C41H38FN. The predicted octanol–water partition coefficient (Wildman–Crippen LogP) is 11.9. The minimum absolute atomic E-state index is 0.108. The molecule has 43 heavy (non-hydrogen) atoms. The number of anilines is 3. The molecule has 0 radical (unpaired) electrons. The van der Waals surface area contributed by atoms with Crippen molar-refractivity contribution in [2.75, 3.05) is 4.90 Å². The summed E-state index contributed by atoms with van der Waals surface area (Å²) >= 11 is 0. The van der Waals surface area contributed by atoms with E-state index in [2.05, 4.69) is 162 Å². The van der Waals surface area contributed by atoms with Crippen molar-refractivity contribution in [1.29, 1.82) is 0 Å². The maximum atomic E-state index is 16.5. The van der Waals surface area contributed by atoms with Gasteiger partial charge in [-0.15, -0.1) is 0 Å². The van der Waals surface area contributed by atoms with E-state index in [-0.39, 0.29) is 22.1 Å². The van der Waals surface area contributed by atoms with Crippen molar-refractivity contribution in [2.45, 2.75) is 52.4 Å². The summed E-state index contributed by atoms with van der Waals surface area (Å²) in [5, 5.41) is 4.48. The molecular weight excluding hydrogens is 525 g/mol. The van der Waals surface area contributed by atoms with Gasteiger partial charge < -0.3 is 4.90 Å². The first-order chi connectivity index (χ1) is 20.6. The zero-order valence-electron chi connectivity index (χ0n) is 25.9. The maximum Gasteiger partial charge on any atom is 0.127 e. The van der Waals surface area contributed by atoms with Gasteiger partial charge in [0.1, 0.15) is 5.82 Å². The van der Waals surface area contributed by atoms with Crippen molar-refractivity contribution < 1.29 is 4.39 Å². The highest BCUT2D eigenvalue weighted by Gasteiger charge is 2.58. The Morgan fingerprint density at radius 2 is 0.953 bits per heavy atom. The predicted molar refractivity (Wildman–Crippen MR) is 181 cm³/mol. The first-order valence-electron chi connectivity index (χ1n) is 15.2. The molecule has 0 aromatic heterocycles. The van der Waals surface area contributed by atoms with Crippen molar-refractivity contribution in [3.63, 3.8) is 0 Å². The summed E-state index contributed by atoms with van der Waals surface area (Å²) in [7, 11) is 0. The van der Waals surface area contributed by atoms with Crippen LogP contribution in [-0.4, -0.2) is 0 Å². The molecule has 1 aliphatic carbocycles. The summed E-state index contributed by atoms with van der Waals surface area (Å²) < 4.78 is 16.5. The summed E-state index contributed by atoms with van der Waals surface area (Å²) in [6, 6.07) is 42.4. The van der Waals surface area contributed by atoms with Gasteiger partial charge in [-0.2, -0.15) is 0 Å². The Bertz CT molecular complexity index is 1910. The molecule has 0 aliphatic heterocycles. The number of hydrogen-bond donors (Lipinski definition) is 0. The summed E-state index contributed by atoms with van der Waals surface area (Å²) in [4.78, 5) is 2.35. The molecule has 0 heterocycles. The van der Waals surface area contributed by atoms with Crippen LogP contribution in [0, 0.1) is 11.2 Å². The lowest BCUT2D eigenvalue weighted by molar-refractivity contribution is 0.123. The fourth-order valence-corrected chi connectivity index (χ4v) is 7.53. The van der Waals surface area contributed by atoms with Gasteiger partial charge in [0.05, 0.1) is 5.69 Å². The Morgan fingerprint density at radius 3 is 1.44 bits per heavy atom. The van der Waals surface area contributed by atoms with Crippen molar-refractivity contribution in [3.8, 4) is 11.1 Å². The maximum absolute atomic E-state index is 16.5. The topological polar surface area (TPSA) is 3.24 Å². The molecule has 7 rings (SSSR count). The standard InChI is InChI=1S/C41H38FN/c1-39(2)34-25-27(26-35(42)37(34)40(3,4)41(39,5)6)36-30-21-13-15-23-32(30)38(33-24-16-14-22-31(33)36)43(28-17-9-7-10-18-28)29-19-11-8-12-20-29/h7-26H,1-6H3. The SMILES string of the molecule is CC1(C)c2cc(-c3c4ccccc4c(N(c4ccccc4)c4ccccc4)c4ccccc34)cc(F)c2C(C)(C)C1(C)C. The van der Waals surface area contributed by atoms with E-state index in [1.165, 1.54) is 0 Å². The molecule has 0 bridgehead atoms. The monoisotopic (exact) mass is 563 g/mol. The summed E-state index contributed by atoms with van der Waals surface area (Å²) in [6.07, 6.45) is 0. The van der Waals surface area contributed by atoms with Crippen LogP contribution < -0.4 is 4.90 Å². The zero-order valence-corrected chi connectivity index (χ0v) is 25.9. The fourth-order valence-electron chi connectivity index (χ4n) is 7.53. The number of fused-ring (bicyclic) bond motifs is 3. The Kier molecular flexibility index (Phi) is 6.08. The second-order valence-electron chi connectivity index (χ2n) is 13.6. The van der Waals surface area contributed by atoms with Crippen LogP contribution in [0.2, 0.25) is 0 Å². The van der Waals surface area contributed by atoms with Crippen molar-refractivity contribution in [2.24, 2.45) is 5.41 Å². The molecule has 6 aromatic carbocycles. The average Bonchev–Trinajstić information content (AvgIpc) is 3.11. The number of rotatable bonds is 4. The molecule has 0 fully saturated rings. The Labute approximate surface area is 254 Å². The molecule has 214 valence electrons. The highest BCUT2D eigenvalue weighted by molar-refractivity contribution is 6.22. The van der Waals surface area contributed by atoms with Crippen LogP contribution in [0.15, 0.2) is 121 Å². The van der Waals surface area contributed by atoms with Gasteiger partial charge in [0.25, 0.3) is 0 Å². The third-order valence-electron chi connectivity index (χ3n) is 11.0. The van der Waals surface area contributed by atoms with Gasteiger partial charge in [0, 0.05) is 22.1 Å². The number of nitrogens with zero attached hydrogens (tertiary/aromatic N) is 1. The largest absolute Gasteiger partial charge is 0.309 e. The highest BCUT2D eigenvalue weighted by Crippen LogP contribution is 2.62. The van der Waals surface area contributed by atoms with E-state index in [0.29, 0.717) is 0 Å². The van der Waals surface area contributed by atoms with Crippen LogP contribution in [0.25, 0.3) is 32.7 Å². The molecule has 1 nitrogen and oxygen atoms in total. The second kappa shape index (κ2) is 9.54. The fraction of sp³-hybridized carbons (Fsp3) is 0.220. The lowest BCUT2D eigenvalue weighted by Gasteiger charge is -2.44. The van der Waals surface area contributed by atoms with Crippen LogP contribution in [0.1, 0.15) is 52.7 Å². The van der Waals surface area contributed by atoms with E-state index in [1.54, 1.807) is 6.07 Å². The molecule has 0 unspecified atom stereocenters. The third kappa shape index (κ3) is 3.82. The van der Waals surface area contributed by atoms with Crippen LogP contribution in [0.3, 0.4) is 0 Å². The van der Waals surface area contributed by atoms with E-state index in [4.69, 9.17) is 0 Å². The van der Waals surface area contributed by atoms with Gasteiger partial charge in [-0.05, 0) is 79.6 Å². The quantitative estimate of drug-likeness (QED) is 0.193. The molecule has 0 saturated carbocycles. The van der Waals surface area contributed by atoms with E-state index in [1.807, 2.05) is 0 Å². The smallest absolute Gasteiger partial charge is 0.127 e. The van der Waals surface area contributed by atoms with E-state index < -0.39 is 0 Å². The lowest BCUT2D eigenvalue weighted by atomic mass is 9.59. The van der Waals surface area contributed by atoms with Crippen LogP contribution in [-0.2, 0) is 10.8 Å². The van der Waals surface area contributed by atoms with E-state index in [9.17, 15) is 0 Å². The van der Waals surface area contributed by atoms with Gasteiger partial charge >= 0.3 is 0 Å². The molecule has 0 spiro atoms. The molecule has 0 saturated heterocycles. The minimum atomic E-state index is -0.297. The van der Waals surface area contributed by atoms with E-state index >= 15 is 4.39 Å². The first kappa shape index (κ1) is 27.4. The Hall–Kier alpha value is -4.43. The number of para-hydroxylation sites is 2. The number of hydrogen-bond acceptors (Lipinski definition) is 1. The lowest BCUT2D eigenvalue weighted by Crippen LogP contribution is -2.42. The van der Waals surface area contributed by atoms with Crippen molar-refractivity contribution >= 4 is 38.6 Å². The van der Waals surface area contributed by atoms with Crippen molar-refractivity contribution in [3.05, 3.63) is 138 Å². The summed E-state index contributed by atoms with van der Waals surface area (Å²) in [5.41, 5.74) is 6.66. The Balaban J connectivity index is 1.59. The van der Waals surface area contributed by atoms with Crippen LogP contribution >= 0.6 is 0 Å². The average molecular weight is 564 g/mol. The molecule has 2 heteroatoms. The summed E-state index contributed by atoms with van der Waals surface area (Å²) in [6.45, 7) is 13.5. The first-order valence-corrected chi connectivity index (χ1v) is 15.2. The van der Waals surface area contributed by atoms with Gasteiger partial charge in [-0.3, -0.25) is 0 Å². The minimum Gasteiger partial charge on any atom is -0.309 e. The Morgan fingerprint density at radius 1 is 0.512 bits per heavy atom. The van der Waals surface area contributed by atoms with E-state index in [0.717, 1.165) is 60.9 Å². The van der Waals surface area contributed by atoms with Gasteiger partial charge in [-0.1, -0.05) is 133 Å². The van der Waals surface area contributed by atoms with Gasteiger partial charge in [0.15, 0.2) is 0 Å². The normalized spacial score (nSPS) is 16.3. The van der Waals surface area contributed by atoms with Crippen molar-refractivity contribution in [1.82, 2.24) is 0 Å². The summed E-state index contributed by atoms with van der Waals surface area (Å²) in [5.74, 6) is -0.108. The molecule has 0 N–H and O–H groups in total. The molecule has 1 aliphatic rings. The van der Waals surface area contributed by atoms with Crippen LogP contribution in [0.5, 0.6) is 0 Å². The van der Waals surface area contributed by atoms with Gasteiger partial charge in [0.2, 0.25) is 0 Å². The van der Waals surface area contributed by atoms with Gasteiger partial charge in [-0.25, -0.2) is 4.39 Å². The second-order valence-corrected chi connectivity index (χ2v) is 13.6. The molecule has 0 atom stereocenters.